The highest BCUT2D eigenvalue weighted by Gasteiger charge is 2.86. The van der Waals surface area contributed by atoms with Gasteiger partial charge in [-0.05, 0) is 108 Å². The molecule has 4 aliphatic carbocycles. The highest BCUT2D eigenvalue weighted by molar-refractivity contribution is 5.34. The Hall–Kier alpha value is 0. The predicted molar refractivity (Wildman–Crippen MR) is 164 cm³/mol. The molecule has 0 saturated heterocycles. The van der Waals surface area contributed by atoms with Crippen LogP contribution < -0.4 is 0 Å². The van der Waals surface area contributed by atoms with Gasteiger partial charge in [-0.3, -0.25) is 0 Å². The molecule has 8 atom stereocenters. The van der Waals surface area contributed by atoms with Crippen molar-refractivity contribution in [3.05, 3.63) is 0 Å². The number of hydrogen-bond acceptors (Lipinski definition) is 0. The first-order valence-corrected chi connectivity index (χ1v) is 17.8. The van der Waals surface area contributed by atoms with E-state index < -0.39 is 0 Å². The maximum atomic E-state index is 2.85. The van der Waals surface area contributed by atoms with Crippen LogP contribution in [-0.2, 0) is 0 Å². The largest absolute Gasteiger partial charge is 0.0654 e. The molecule has 0 N–H and O–H groups in total. The van der Waals surface area contributed by atoms with Crippen molar-refractivity contribution in [2.45, 2.75) is 166 Å². The van der Waals surface area contributed by atoms with Gasteiger partial charge in [-0.2, -0.15) is 0 Å². The zero-order chi connectivity index (χ0) is 27.2. The van der Waals surface area contributed by atoms with Gasteiger partial charge in [0.15, 0.2) is 0 Å². The van der Waals surface area contributed by atoms with Gasteiger partial charge in [-0.1, -0.05) is 127 Å². The van der Waals surface area contributed by atoms with Crippen LogP contribution >= 0.6 is 0 Å². The Bertz CT molecular complexity index is 677. The normalized spacial score (nSPS) is 44.6. The summed E-state index contributed by atoms with van der Waals surface area (Å²) in [6.45, 7) is 26.0. The summed E-state index contributed by atoms with van der Waals surface area (Å²) in [7, 11) is 0. The summed E-state index contributed by atoms with van der Waals surface area (Å²) in [6, 6.07) is 0. The fourth-order valence-corrected chi connectivity index (χ4v) is 15.6. The molecule has 0 heteroatoms. The van der Waals surface area contributed by atoms with Gasteiger partial charge >= 0.3 is 0 Å². The third-order valence-corrected chi connectivity index (χ3v) is 14.3. The van der Waals surface area contributed by atoms with Crippen LogP contribution in [0.2, 0.25) is 0 Å². The van der Waals surface area contributed by atoms with Crippen molar-refractivity contribution in [3.8, 4) is 0 Å². The maximum Gasteiger partial charge on any atom is -0.0196 e. The zero-order valence-corrected chi connectivity index (χ0v) is 27.2. The molecule has 0 amide bonds. The van der Waals surface area contributed by atoms with Gasteiger partial charge < -0.3 is 0 Å². The van der Waals surface area contributed by atoms with Crippen LogP contribution in [0.15, 0.2) is 0 Å². The van der Waals surface area contributed by atoms with Crippen molar-refractivity contribution < 1.29 is 0 Å². The van der Waals surface area contributed by atoms with E-state index in [-0.39, 0.29) is 0 Å². The smallest absolute Gasteiger partial charge is 0.0196 e. The second kappa shape index (κ2) is 11.1. The van der Waals surface area contributed by atoms with Crippen molar-refractivity contribution in [2.24, 2.45) is 69.0 Å². The lowest BCUT2D eigenvalue weighted by atomic mass is 9.49. The number of rotatable bonds is 15. The van der Waals surface area contributed by atoms with Crippen LogP contribution in [-0.4, -0.2) is 0 Å². The molecule has 0 radical (unpaired) electrons. The fraction of sp³-hybridized carbons (Fsp3) is 1.00. The predicted octanol–water partition coefficient (Wildman–Crippen LogP) is 12.0. The molecule has 0 aromatic rings. The zero-order valence-electron chi connectivity index (χ0n) is 27.2. The van der Waals surface area contributed by atoms with Gasteiger partial charge in [0.2, 0.25) is 0 Å². The van der Waals surface area contributed by atoms with Crippen LogP contribution in [0.25, 0.3) is 0 Å². The van der Waals surface area contributed by atoms with Gasteiger partial charge in [0.1, 0.15) is 0 Å². The molecule has 0 heterocycles. The second-order valence-electron chi connectivity index (χ2n) is 15.0. The van der Waals surface area contributed by atoms with E-state index in [1.807, 2.05) is 0 Å². The molecule has 8 unspecified atom stereocenters. The minimum absolute atomic E-state index is 0.611. The summed E-state index contributed by atoms with van der Waals surface area (Å²) in [5.74, 6) is 7.88. The Labute approximate surface area is 234 Å². The second-order valence-corrected chi connectivity index (χ2v) is 15.0. The van der Waals surface area contributed by atoms with Crippen LogP contribution in [0.1, 0.15) is 166 Å². The first-order chi connectivity index (χ1) is 17.8. The SMILES string of the molecule is CCCC1(CCC)C2C(C)C3C4C2C(CCC)(C1CC)C(CC)C4(CCC)C(CC)C3(CCC)CCC. The van der Waals surface area contributed by atoms with Crippen LogP contribution in [0.4, 0.5) is 0 Å². The Morgan fingerprint density at radius 1 is 0.378 bits per heavy atom. The summed E-state index contributed by atoms with van der Waals surface area (Å²) in [4.78, 5) is 0. The van der Waals surface area contributed by atoms with Crippen molar-refractivity contribution in [1.29, 1.82) is 0 Å². The van der Waals surface area contributed by atoms with E-state index in [9.17, 15) is 0 Å². The van der Waals surface area contributed by atoms with E-state index in [4.69, 9.17) is 0 Å². The van der Waals surface area contributed by atoms with Crippen molar-refractivity contribution in [1.82, 2.24) is 0 Å². The minimum Gasteiger partial charge on any atom is -0.0654 e. The molecule has 0 aromatic carbocycles. The molecule has 0 aliphatic heterocycles. The molecule has 0 aromatic heterocycles. The highest BCUT2D eigenvalue weighted by atomic mass is 14.9. The highest BCUT2D eigenvalue weighted by Crippen LogP contribution is 2.91. The summed E-state index contributed by atoms with van der Waals surface area (Å²) >= 11 is 0. The van der Waals surface area contributed by atoms with Gasteiger partial charge in [-0.25, -0.2) is 0 Å². The molecule has 0 bridgehead atoms. The standard InChI is InChI=1S/C37H68/c1-11-20-34(21-12-2)27(17-7)36(24-15-5)29(19-9)37(25-16-6)28(18-8)35(22-13-3,23-14-4)31-26(10)30(34)32(36)33(31)37/h26-33H,11-25H2,1-10H3. The van der Waals surface area contributed by atoms with Crippen LogP contribution in [0.3, 0.4) is 0 Å². The average Bonchev–Trinajstić information content (AvgIpc) is 3.45. The summed E-state index contributed by atoms with van der Waals surface area (Å²) in [5, 5.41) is 0. The molecule has 37 heavy (non-hydrogen) atoms. The van der Waals surface area contributed by atoms with Gasteiger partial charge in [0.05, 0.1) is 0 Å². The van der Waals surface area contributed by atoms with Crippen molar-refractivity contribution >= 4 is 0 Å². The van der Waals surface area contributed by atoms with E-state index in [1.54, 1.807) is 0 Å². The molecule has 4 aliphatic rings. The summed E-state index contributed by atoms with van der Waals surface area (Å²) in [5.41, 5.74) is 2.46. The third kappa shape index (κ3) is 3.44. The molecular formula is C37H68. The van der Waals surface area contributed by atoms with E-state index in [2.05, 4.69) is 69.2 Å². The van der Waals surface area contributed by atoms with E-state index in [1.165, 1.54) is 96.3 Å². The van der Waals surface area contributed by atoms with Crippen molar-refractivity contribution in [3.63, 3.8) is 0 Å². The van der Waals surface area contributed by atoms with Gasteiger partial charge in [-0.15, -0.1) is 0 Å². The summed E-state index contributed by atoms with van der Waals surface area (Å²) < 4.78 is 0. The maximum absolute atomic E-state index is 2.85. The van der Waals surface area contributed by atoms with Gasteiger partial charge in [0, 0.05) is 0 Å². The lowest BCUT2D eigenvalue weighted by Crippen LogP contribution is -2.49. The van der Waals surface area contributed by atoms with E-state index in [0.717, 1.165) is 47.3 Å². The summed E-state index contributed by atoms with van der Waals surface area (Å²) in [6.07, 6.45) is 21.9. The molecule has 4 fully saturated rings. The molecule has 216 valence electrons. The first-order valence-electron chi connectivity index (χ1n) is 17.8. The topological polar surface area (TPSA) is 0 Å². The average molecular weight is 513 g/mol. The Morgan fingerprint density at radius 3 is 0.919 bits per heavy atom. The minimum atomic E-state index is 0.611. The molecule has 4 rings (SSSR count). The molecule has 4 saturated carbocycles. The van der Waals surface area contributed by atoms with E-state index in [0.29, 0.717) is 21.7 Å². The van der Waals surface area contributed by atoms with Crippen LogP contribution in [0, 0.1) is 69.0 Å². The quantitative estimate of drug-likeness (QED) is 0.205. The third-order valence-electron chi connectivity index (χ3n) is 14.3. The lowest BCUT2D eigenvalue weighted by molar-refractivity contribution is -0.0758. The molecule has 0 spiro atoms. The Kier molecular flexibility index (Phi) is 9.00. The lowest BCUT2D eigenvalue weighted by Gasteiger charge is -2.56. The first kappa shape index (κ1) is 30.0. The monoisotopic (exact) mass is 513 g/mol. The van der Waals surface area contributed by atoms with Crippen molar-refractivity contribution in [2.75, 3.05) is 0 Å². The van der Waals surface area contributed by atoms with Gasteiger partial charge in [0.25, 0.3) is 0 Å². The Balaban J connectivity index is 2.09. The fourth-order valence-electron chi connectivity index (χ4n) is 15.6. The molecule has 0 nitrogen and oxygen atoms in total. The van der Waals surface area contributed by atoms with E-state index >= 15 is 0 Å². The Morgan fingerprint density at radius 2 is 0.676 bits per heavy atom. The number of hydrogen-bond donors (Lipinski definition) is 0. The molecular weight excluding hydrogens is 444 g/mol. The van der Waals surface area contributed by atoms with Crippen LogP contribution in [0.5, 0.6) is 0 Å².